The largest absolute Gasteiger partial charge is 0.480 e. The second-order valence-electron chi connectivity index (χ2n) is 5.47. The minimum atomic E-state index is -1.91. The molecule has 1 aromatic rings. The van der Waals surface area contributed by atoms with Crippen molar-refractivity contribution in [1.29, 1.82) is 5.41 Å². The predicted molar refractivity (Wildman–Crippen MR) is 84.1 cm³/mol. The van der Waals surface area contributed by atoms with E-state index >= 15 is 0 Å². The van der Waals surface area contributed by atoms with E-state index in [0.29, 0.717) is 17.4 Å². The zero-order chi connectivity index (χ0) is 17.8. The highest BCUT2D eigenvalue weighted by Crippen LogP contribution is 2.29. The number of benzene rings is 1. The van der Waals surface area contributed by atoms with Gasteiger partial charge in [0, 0.05) is 12.0 Å². The number of nitrogen functional groups attached to an aromatic ring is 1. The van der Waals surface area contributed by atoms with Crippen LogP contribution in [0.1, 0.15) is 30.4 Å². The number of amidine groups is 1. The summed E-state index contributed by atoms with van der Waals surface area (Å²) in [5.41, 5.74) is 15.7. The van der Waals surface area contributed by atoms with Crippen LogP contribution in [-0.4, -0.2) is 40.6 Å². The highest BCUT2D eigenvalue weighted by atomic mass is 16.4. The van der Waals surface area contributed by atoms with Gasteiger partial charge in [-0.2, -0.15) is 0 Å². The Labute approximate surface area is 133 Å². The fraction of sp³-hybridized carbons (Fsp3) is 0.333. The van der Waals surface area contributed by atoms with Crippen LogP contribution in [0.2, 0.25) is 0 Å². The molecule has 0 aromatic heterocycles. The number of nitrogens with one attached hydrogen (secondary N) is 1. The Morgan fingerprint density at radius 1 is 1.35 bits per heavy atom. The minimum Gasteiger partial charge on any atom is -0.480 e. The predicted octanol–water partition coefficient (Wildman–Crippen LogP) is -0.658. The van der Waals surface area contributed by atoms with Crippen LogP contribution in [0, 0.1) is 5.41 Å². The monoisotopic (exact) mass is 320 g/mol. The summed E-state index contributed by atoms with van der Waals surface area (Å²) >= 11 is 0. The molecule has 3 unspecified atom stereocenters. The molecule has 8 nitrogen and oxygen atoms in total. The molecule has 8 heteroatoms. The molecule has 0 saturated carbocycles. The molecule has 8 N–H and O–H groups in total. The van der Waals surface area contributed by atoms with Gasteiger partial charge in [0.1, 0.15) is 17.7 Å². The number of nitrogens with two attached hydrogens (primary N) is 3. The van der Waals surface area contributed by atoms with Gasteiger partial charge in [-0.25, -0.2) is 0 Å². The van der Waals surface area contributed by atoms with Crippen LogP contribution >= 0.6 is 0 Å². The Kier molecular flexibility index (Phi) is 5.72. The summed E-state index contributed by atoms with van der Waals surface area (Å²) in [4.78, 5) is 34.5. The summed E-state index contributed by atoms with van der Waals surface area (Å²) in [6.07, 6.45) is 0.268. The van der Waals surface area contributed by atoms with Crippen molar-refractivity contribution in [1.82, 2.24) is 0 Å². The highest BCUT2D eigenvalue weighted by Gasteiger charge is 2.44. The second-order valence-corrected chi connectivity index (χ2v) is 5.47. The third-order valence-electron chi connectivity index (χ3n) is 3.62. The average Bonchev–Trinajstić information content (AvgIpc) is 2.47. The fourth-order valence-corrected chi connectivity index (χ4v) is 2.22. The standard InChI is InChI=1S/C15H20N4O4/c1-15(19,14(22)23)11(12(21)10(16)6-7-20)8-2-4-9(5-3-8)13(17)18/h2-5,7,10-11H,6,16,19H2,1H3,(H3,17,18)(H,22,23). The fourth-order valence-electron chi connectivity index (χ4n) is 2.22. The van der Waals surface area contributed by atoms with Gasteiger partial charge in [0.15, 0.2) is 5.78 Å². The zero-order valence-electron chi connectivity index (χ0n) is 12.7. The number of hydrogen-bond acceptors (Lipinski definition) is 6. The van der Waals surface area contributed by atoms with Crippen LogP contribution in [0.5, 0.6) is 0 Å². The van der Waals surface area contributed by atoms with Gasteiger partial charge in [0.05, 0.1) is 12.0 Å². The number of carbonyl (C=O) groups is 3. The van der Waals surface area contributed by atoms with Crippen LogP contribution in [0.25, 0.3) is 0 Å². The number of rotatable bonds is 8. The molecule has 3 atom stereocenters. The lowest BCUT2D eigenvalue weighted by Crippen LogP contribution is -2.55. The first-order valence-electron chi connectivity index (χ1n) is 6.82. The van der Waals surface area contributed by atoms with E-state index in [9.17, 15) is 19.5 Å². The van der Waals surface area contributed by atoms with E-state index in [1.807, 2.05) is 0 Å². The average molecular weight is 320 g/mol. The summed E-state index contributed by atoms with van der Waals surface area (Å²) < 4.78 is 0. The Morgan fingerprint density at radius 3 is 2.26 bits per heavy atom. The minimum absolute atomic E-state index is 0.161. The molecular weight excluding hydrogens is 300 g/mol. The van der Waals surface area contributed by atoms with Gasteiger partial charge in [-0.1, -0.05) is 24.3 Å². The Bertz CT molecular complexity index is 625. The van der Waals surface area contributed by atoms with Crippen molar-refractivity contribution < 1.29 is 19.5 Å². The Hall–Kier alpha value is -2.58. The van der Waals surface area contributed by atoms with Crippen LogP contribution in [-0.2, 0) is 14.4 Å². The number of ketones is 1. The first-order chi connectivity index (χ1) is 10.6. The molecule has 0 saturated heterocycles. The van der Waals surface area contributed by atoms with Crippen molar-refractivity contribution in [2.24, 2.45) is 17.2 Å². The van der Waals surface area contributed by atoms with Gasteiger partial charge in [0.25, 0.3) is 0 Å². The van der Waals surface area contributed by atoms with Gasteiger partial charge in [-0.3, -0.25) is 15.0 Å². The lowest BCUT2D eigenvalue weighted by Gasteiger charge is -2.31. The third-order valence-corrected chi connectivity index (χ3v) is 3.62. The van der Waals surface area contributed by atoms with Crippen LogP contribution < -0.4 is 17.2 Å². The van der Waals surface area contributed by atoms with Crippen LogP contribution in [0.3, 0.4) is 0 Å². The molecule has 124 valence electrons. The summed E-state index contributed by atoms with van der Waals surface area (Å²) in [6, 6.07) is 4.77. The molecule has 0 heterocycles. The van der Waals surface area contributed by atoms with E-state index in [0.717, 1.165) is 0 Å². The molecular formula is C15H20N4O4. The smallest absolute Gasteiger partial charge is 0.324 e. The van der Waals surface area contributed by atoms with Crippen molar-refractivity contribution in [2.75, 3.05) is 0 Å². The normalized spacial score (nSPS) is 16.0. The van der Waals surface area contributed by atoms with Gasteiger partial charge < -0.3 is 27.1 Å². The quantitative estimate of drug-likeness (QED) is 0.240. The third kappa shape index (κ3) is 3.99. The van der Waals surface area contributed by atoms with Gasteiger partial charge >= 0.3 is 5.97 Å². The topological polar surface area (TPSA) is 173 Å². The number of hydrogen-bond donors (Lipinski definition) is 5. The van der Waals surface area contributed by atoms with E-state index in [4.69, 9.17) is 22.6 Å². The van der Waals surface area contributed by atoms with E-state index < -0.39 is 29.3 Å². The number of carboxylic acid groups (broad SMARTS) is 1. The molecule has 0 fully saturated rings. The summed E-state index contributed by atoms with van der Waals surface area (Å²) in [6.45, 7) is 1.21. The molecule has 1 aromatic carbocycles. The second kappa shape index (κ2) is 7.12. The van der Waals surface area contributed by atoms with E-state index in [1.54, 1.807) is 0 Å². The summed E-state index contributed by atoms with van der Waals surface area (Å²) in [5, 5.41) is 16.7. The first kappa shape index (κ1) is 18.5. The van der Waals surface area contributed by atoms with Crippen molar-refractivity contribution in [3.63, 3.8) is 0 Å². The summed E-state index contributed by atoms with van der Waals surface area (Å²) in [5.74, 6) is -3.41. The number of aldehydes is 1. The lowest BCUT2D eigenvalue weighted by atomic mass is 9.76. The van der Waals surface area contributed by atoms with Gasteiger partial charge in [-0.05, 0) is 12.5 Å². The molecule has 0 spiro atoms. The number of carboxylic acids is 1. The van der Waals surface area contributed by atoms with Crippen LogP contribution in [0.4, 0.5) is 0 Å². The first-order valence-corrected chi connectivity index (χ1v) is 6.82. The molecule has 0 aliphatic carbocycles. The van der Waals surface area contributed by atoms with Crippen molar-refractivity contribution in [2.45, 2.75) is 30.8 Å². The van der Waals surface area contributed by atoms with Crippen LogP contribution in [0.15, 0.2) is 24.3 Å². The highest BCUT2D eigenvalue weighted by molar-refractivity contribution is 5.99. The maximum atomic E-state index is 12.5. The molecule has 0 radical (unpaired) electrons. The molecule has 0 amide bonds. The lowest BCUT2D eigenvalue weighted by molar-refractivity contribution is -0.146. The van der Waals surface area contributed by atoms with Crippen molar-refractivity contribution >= 4 is 23.9 Å². The Balaban J connectivity index is 3.34. The maximum absolute atomic E-state index is 12.5. The van der Waals surface area contributed by atoms with E-state index in [2.05, 4.69) is 0 Å². The molecule has 0 aliphatic heterocycles. The van der Waals surface area contributed by atoms with Gasteiger partial charge in [0.2, 0.25) is 0 Å². The molecule has 23 heavy (non-hydrogen) atoms. The Morgan fingerprint density at radius 2 is 1.87 bits per heavy atom. The zero-order valence-corrected chi connectivity index (χ0v) is 12.7. The van der Waals surface area contributed by atoms with E-state index in [1.165, 1.54) is 31.2 Å². The number of Topliss-reactive ketones (excluding diaryl/α,β-unsaturated/α-hetero) is 1. The maximum Gasteiger partial charge on any atom is 0.324 e. The molecule has 0 bridgehead atoms. The van der Waals surface area contributed by atoms with Gasteiger partial charge in [-0.15, -0.1) is 0 Å². The molecule has 1 rings (SSSR count). The SMILES string of the molecule is CC(N)(C(=O)O)C(C(=O)C(N)CC=O)c1ccc(C(=N)N)cc1. The van der Waals surface area contributed by atoms with Crippen molar-refractivity contribution in [3.8, 4) is 0 Å². The summed E-state index contributed by atoms with van der Waals surface area (Å²) in [7, 11) is 0. The van der Waals surface area contributed by atoms with Crippen molar-refractivity contribution in [3.05, 3.63) is 35.4 Å². The number of carbonyl (C=O) groups excluding carboxylic acids is 2. The molecule has 0 aliphatic rings. The number of aliphatic carboxylic acids is 1. The van der Waals surface area contributed by atoms with E-state index in [-0.39, 0.29) is 12.3 Å².